The van der Waals surface area contributed by atoms with Gasteiger partial charge in [-0.1, -0.05) is 12.1 Å². The summed E-state index contributed by atoms with van der Waals surface area (Å²) in [5.41, 5.74) is 8.35. The molecule has 2 aromatic rings. The molecule has 0 unspecified atom stereocenters. The number of benzene rings is 1. The molecule has 1 aromatic carbocycles. The van der Waals surface area contributed by atoms with Crippen LogP contribution >= 0.6 is 11.3 Å². The Morgan fingerprint density at radius 2 is 2.15 bits per heavy atom. The van der Waals surface area contributed by atoms with Crippen molar-refractivity contribution in [1.82, 2.24) is 9.88 Å². The summed E-state index contributed by atoms with van der Waals surface area (Å²) < 4.78 is 0. The average Bonchev–Trinajstić information content (AvgIpc) is 2.74. The Kier molecular flexibility index (Phi) is 4.39. The van der Waals surface area contributed by atoms with Crippen LogP contribution in [0.25, 0.3) is 0 Å². The van der Waals surface area contributed by atoms with Gasteiger partial charge in [0.1, 0.15) is 4.88 Å². The van der Waals surface area contributed by atoms with Crippen LogP contribution < -0.4 is 5.73 Å². The minimum Gasteiger partial charge on any atom is -0.399 e. The van der Waals surface area contributed by atoms with Gasteiger partial charge in [0.2, 0.25) is 0 Å². The van der Waals surface area contributed by atoms with Crippen LogP contribution in [0.5, 0.6) is 0 Å². The molecule has 106 valence electrons. The van der Waals surface area contributed by atoms with Gasteiger partial charge in [0, 0.05) is 18.8 Å². The maximum atomic E-state index is 12.6. The third-order valence-corrected chi connectivity index (χ3v) is 4.15. The van der Waals surface area contributed by atoms with Crippen molar-refractivity contribution in [2.24, 2.45) is 0 Å². The number of thiazole rings is 1. The van der Waals surface area contributed by atoms with Crippen molar-refractivity contribution in [3.8, 4) is 0 Å². The maximum absolute atomic E-state index is 12.6. The molecule has 2 rings (SSSR count). The summed E-state index contributed by atoms with van der Waals surface area (Å²) in [4.78, 5) is 19.4. The topological polar surface area (TPSA) is 59.2 Å². The average molecular weight is 289 g/mol. The van der Waals surface area contributed by atoms with E-state index in [1.165, 1.54) is 11.3 Å². The predicted octanol–water partition coefficient (Wildman–Crippen LogP) is 3.00. The van der Waals surface area contributed by atoms with E-state index in [9.17, 15) is 4.79 Å². The lowest BCUT2D eigenvalue weighted by molar-refractivity contribution is 0.0756. The van der Waals surface area contributed by atoms with Crippen molar-refractivity contribution in [2.45, 2.75) is 27.3 Å². The number of anilines is 1. The number of rotatable bonds is 4. The zero-order valence-electron chi connectivity index (χ0n) is 12.0. The normalized spacial score (nSPS) is 10.6. The van der Waals surface area contributed by atoms with Crippen LogP contribution in [-0.4, -0.2) is 22.3 Å². The van der Waals surface area contributed by atoms with Crippen LogP contribution in [0.2, 0.25) is 0 Å². The van der Waals surface area contributed by atoms with Crippen LogP contribution in [0.4, 0.5) is 5.69 Å². The third kappa shape index (κ3) is 3.17. The lowest BCUT2D eigenvalue weighted by atomic mass is 10.2. The number of carbonyl (C=O) groups excluding carboxylic acids is 1. The Hall–Kier alpha value is -1.88. The number of nitrogen functional groups attached to an aromatic ring is 1. The first-order chi connectivity index (χ1) is 9.51. The number of aryl methyl sites for hydroxylation is 2. The summed E-state index contributed by atoms with van der Waals surface area (Å²) in [6.45, 7) is 7.00. The summed E-state index contributed by atoms with van der Waals surface area (Å²) in [7, 11) is 0. The number of carbonyl (C=O) groups is 1. The van der Waals surface area contributed by atoms with E-state index < -0.39 is 0 Å². The van der Waals surface area contributed by atoms with E-state index in [0.29, 0.717) is 13.1 Å². The van der Waals surface area contributed by atoms with E-state index in [2.05, 4.69) is 4.98 Å². The summed E-state index contributed by atoms with van der Waals surface area (Å²) in [5.74, 6) is 0.0398. The van der Waals surface area contributed by atoms with E-state index in [0.717, 1.165) is 26.8 Å². The maximum Gasteiger partial charge on any atom is 0.266 e. The highest BCUT2D eigenvalue weighted by molar-refractivity contribution is 7.13. The summed E-state index contributed by atoms with van der Waals surface area (Å²) in [5, 5.41) is 0.922. The van der Waals surface area contributed by atoms with Crippen LogP contribution in [0, 0.1) is 13.8 Å². The van der Waals surface area contributed by atoms with Crippen molar-refractivity contribution in [3.05, 3.63) is 45.4 Å². The van der Waals surface area contributed by atoms with E-state index in [1.807, 2.05) is 49.9 Å². The Bertz CT molecular complexity index is 621. The van der Waals surface area contributed by atoms with E-state index in [-0.39, 0.29) is 5.91 Å². The van der Waals surface area contributed by atoms with Gasteiger partial charge in [0.05, 0.1) is 10.7 Å². The minimum atomic E-state index is 0.0398. The molecule has 2 N–H and O–H groups in total. The van der Waals surface area contributed by atoms with Crippen LogP contribution in [-0.2, 0) is 6.54 Å². The molecule has 1 aromatic heterocycles. The molecule has 0 aliphatic rings. The second kappa shape index (κ2) is 6.05. The fourth-order valence-electron chi connectivity index (χ4n) is 2.11. The highest BCUT2D eigenvalue weighted by Gasteiger charge is 2.19. The van der Waals surface area contributed by atoms with Gasteiger partial charge in [-0.3, -0.25) is 4.79 Å². The number of nitrogens with two attached hydrogens (primary N) is 1. The number of nitrogens with zero attached hydrogens (tertiary/aromatic N) is 2. The molecular formula is C15H19N3OS. The lowest BCUT2D eigenvalue weighted by Gasteiger charge is -2.20. The number of aromatic nitrogens is 1. The monoisotopic (exact) mass is 289 g/mol. The molecule has 4 nitrogen and oxygen atoms in total. The zero-order valence-corrected chi connectivity index (χ0v) is 12.8. The lowest BCUT2D eigenvalue weighted by Crippen LogP contribution is -2.30. The van der Waals surface area contributed by atoms with Gasteiger partial charge < -0.3 is 10.6 Å². The SMILES string of the molecule is CCN(Cc1cccc(N)c1)C(=O)c1sc(C)nc1C. The van der Waals surface area contributed by atoms with Gasteiger partial charge in [-0.15, -0.1) is 11.3 Å². The van der Waals surface area contributed by atoms with Crippen molar-refractivity contribution in [1.29, 1.82) is 0 Å². The van der Waals surface area contributed by atoms with Gasteiger partial charge in [0.25, 0.3) is 5.91 Å². The molecule has 0 radical (unpaired) electrons. The van der Waals surface area contributed by atoms with Crippen molar-refractivity contribution < 1.29 is 4.79 Å². The first kappa shape index (κ1) is 14.5. The number of hydrogen-bond acceptors (Lipinski definition) is 4. The molecule has 20 heavy (non-hydrogen) atoms. The molecule has 0 bridgehead atoms. The van der Waals surface area contributed by atoms with Crippen LogP contribution in [0.15, 0.2) is 24.3 Å². The minimum absolute atomic E-state index is 0.0398. The molecule has 1 heterocycles. The molecular weight excluding hydrogens is 270 g/mol. The smallest absolute Gasteiger partial charge is 0.266 e. The Morgan fingerprint density at radius 1 is 1.40 bits per heavy atom. The van der Waals surface area contributed by atoms with E-state index in [1.54, 1.807) is 0 Å². The number of amides is 1. The highest BCUT2D eigenvalue weighted by atomic mass is 32.1. The second-order valence-electron chi connectivity index (χ2n) is 4.71. The van der Waals surface area contributed by atoms with Gasteiger partial charge in [-0.2, -0.15) is 0 Å². The third-order valence-electron chi connectivity index (χ3n) is 3.09. The molecule has 0 saturated carbocycles. The van der Waals surface area contributed by atoms with E-state index >= 15 is 0 Å². The first-order valence-electron chi connectivity index (χ1n) is 6.59. The van der Waals surface area contributed by atoms with Crippen molar-refractivity contribution >= 4 is 22.9 Å². The summed E-state index contributed by atoms with van der Waals surface area (Å²) in [6.07, 6.45) is 0. The molecule has 5 heteroatoms. The summed E-state index contributed by atoms with van der Waals surface area (Å²) in [6, 6.07) is 7.64. The zero-order chi connectivity index (χ0) is 14.7. The molecule has 0 spiro atoms. The van der Waals surface area contributed by atoms with Crippen LogP contribution in [0.1, 0.15) is 32.9 Å². The largest absolute Gasteiger partial charge is 0.399 e. The van der Waals surface area contributed by atoms with Gasteiger partial charge >= 0.3 is 0 Å². The number of hydrogen-bond donors (Lipinski definition) is 1. The fourth-order valence-corrected chi connectivity index (χ4v) is 3.00. The predicted molar refractivity (Wildman–Crippen MR) is 82.9 cm³/mol. The van der Waals surface area contributed by atoms with Crippen molar-refractivity contribution in [2.75, 3.05) is 12.3 Å². The molecule has 0 saturated heterocycles. The molecule has 0 atom stereocenters. The highest BCUT2D eigenvalue weighted by Crippen LogP contribution is 2.20. The standard InChI is InChI=1S/C15H19N3OS/c1-4-18(9-12-6-5-7-13(16)8-12)15(19)14-10(2)17-11(3)20-14/h5-8H,4,9,16H2,1-3H3. The van der Waals surface area contributed by atoms with Gasteiger partial charge in [-0.25, -0.2) is 4.98 Å². The Morgan fingerprint density at radius 3 is 2.70 bits per heavy atom. The van der Waals surface area contributed by atoms with Gasteiger partial charge in [0.15, 0.2) is 0 Å². The van der Waals surface area contributed by atoms with Crippen molar-refractivity contribution in [3.63, 3.8) is 0 Å². The molecule has 1 amide bonds. The Labute approximate surface area is 123 Å². The summed E-state index contributed by atoms with van der Waals surface area (Å²) >= 11 is 1.45. The fraction of sp³-hybridized carbons (Fsp3) is 0.333. The molecule has 0 fully saturated rings. The van der Waals surface area contributed by atoms with E-state index in [4.69, 9.17) is 5.73 Å². The quantitative estimate of drug-likeness (QED) is 0.880. The Balaban J connectivity index is 2.20. The second-order valence-corrected chi connectivity index (χ2v) is 5.91. The first-order valence-corrected chi connectivity index (χ1v) is 7.40. The van der Waals surface area contributed by atoms with Gasteiger partial charge in [-0.05, 0) is 38.5 Å². The van der Waals surface area contributed by atoms with Crippen LogP contribution in [0.3, 0.4) is 0 Å². The molecule has 0 aliphatic heterocycles. The molecule has 0 aliphatic carbocycles.